The summed E-state index contributed by atoms with van der Waals surface area (Å²) >= 11 is 6.78. The van der Waals surface area contributed by atoms with Crippen molar-refractivity contribution in [3.05, 3.63) is 57.0 Å². The molecule has 0 spiro atoms. The van der Waals surface area contributed by atoms with Gasteiger partial charge < -0.3 is 15.7 Å². The maximum atomic E-state index is 14.4. The van der Waals surface area contributed by atoms with E-state index < -0.39 is 47.1 Å². The van der Waals surface area contributed by atoms with Gasteiger partial charge in [-0.1, -0.05) is 23.7 Å². The summed E-state index contributed by atoms with van der Waals surface area (Å²) in [5.41, 5.74) is -4.45. The predicted molar refractivity (Wildman–Crippen MR) is 89.0 cm³/mol. The first-order valence-electron chi connectivity index (χ1n) is 7.45. The minimum Gasteiger partial charge on any atom is -0.363 e. The Morgan fingerprint density at radius 2 is 1.96 bits per heavy atom. The van der Waals surface area contributed by atoms with Gasteiger partial charge in [0.25, 0.3) is 0 Å². The summed E-state index contributed by atoms with van der Waals surface area (Å²) in [5.74, 6) is -4.46. The highest BCUT2D eigenvalue weighted by Gasteiger charge is 2.66. The Hall–Kier alpha value is -2.17. The monoisotopic (exact) mass is 422 g/mol. The molecular formula is C16H11ClF4N2O3S. The van der Waals surface area contributed by atoms with Gasteiger partial charge in [0, 0.05) is 10.6 Å². The third-order valence-electron chi connectivity index (χ3n) is 4.16. The van der Waals surface area contributed by atoms with Crippen LogP contribution in [0.1, 0.15) is 21.3 Å². The molecule has 0 unspecified atom stereocenters. The average molecular weight is 423 g/mol. The Morgan fingerprint density at radius 3 is 2.52 bits per heavy atom. The molecule has 2 heterocycles. The quantitative estimate of drug-likeness (QED) is 0.522. The first kappa shape index (κ1) is 19.6. The molecule has 27 heavy (non-hydrogen) atoms. The molecule has 1 aliphatic heterocycles. The van der Waals surface area contributed by atoms with Crippen LogP contribution >= 0.6 is 22.9 Å². The molecular weight excluding hydrogens is 412 g/mol. The summed E-state index contributed by atoms with van der Waals surface area (Å²) < 4.78 is 55.4. The van der Waals surface area contributed by atoms with E-state index in [1.54, 1.807) is 0 Å². The number of alkyl halides is 3. The summed E-state index contributed by atoms with van der Waals surface area (Å²) in [5, 5.41) is 15.0. The molecule has 3 N–H and O–H groups in total. The van der Waals surface area contributed by atoms with Crippen LogP contribution in [0.15, 0.2) is 35.7 Å². The van der Waals surface area contributed by atoms with Crippen molar-refractivity contribution >= 4 is 34.8 Å². The third kappa shape index (κ3) is 3.28. The van der Waals surface area contributed by atoms with E-state index in [0.717, 1.165) is 17.4 Å². The molecule has 1 aromatic heterocycles. The molecule has 1 aliphatic rings. The van der Waals surface area contributed by atoms with Crippen LogP contribution in [-0.4, -0.2) is 28.8 Å². The van der Waals surface area contributed by atoms with Crippen LogP contribution in [-0.2, 0) is 0 Å². The Bertz CT molecular complexity index is 870. The van der Waals surface area contributed by atoms with Crippen LogP contribution in [0.3, 0.4) is 0 Å². The van der Waals surface area contributed by atoms with Crippen molar-refractivity contribution in [3.8, 4) is 0 Å². The zero-order valence-electron chi connectivity index (χ0n) is 13.2. The van der Waals surface area contributed by atoms with E-state index in [0.29, 0.717) is 0 Å². The van der Waals surface area contributed by atoms with Gasteiger partial charge in [-0.3, -0.25) is 4.79 Å². The fraction of sp³-hybridized carbons (Fsp3) is 0.250. The maximum Gasteiger partial charge on any atom is 0.437 e. The minimum absolute atomic E-state index is 0.0990. The molecule has 0 radical (unpaired) electrons. The summed E-state index contributed by atoms with van der Waals surface area (Å²) in [6.07, 6.45) is -5.42. The lowest BCUT2D eigenvalue weighted by atomic mass is 9.78. The average Bonchev–Trinajstić information content (AvgIpc) is 3.07. The molecule has 0 bridgehead atoms. The van der Waals surface area contributed by atoms with Crippen molar-refractivity contribution in [3.63, 3.8) is 0 Å². The molecule has 3 rings (SSSR count). The van der Waals surface area contributed by atoms with E-state index in [-0.39, 0.29) is 9.90 Å². The van der Waals surface area contributed by atoms with Crippen LogP contribution in [0.25, 0.3) is 0 Å². The van der Waals surface area contributed by atoms with Crippen LogP contribution in [0, 0.1) is 11.7 Å². The van der Waals surface area contributed by atoms with Crippen LogP contribution in [0.4, 0.5) is 22.4 Å². The fourth-order valence-electron chi connectivity index (χ4n) is 2.96. The van der Waals surface area contributed by atoms with E-state index in [2.05, 4.69) is 5.32 Å². The van der Waals surface area contributed by atoms with Gasteiger partial charge in [-0.2, -0.15) is 13.2 Å². The summed E-state index contributed by atoms with van der Waals surface area (Å²) in [4.78, 5) is 24.6. The molecule has 1 aromatic carbocycles. The summed E-state index contributed by atoms with van der Waals surface area (Å²) in [6, 6.07) is 2.77. The lowest BCUT2D eigenvalue weighted by Gasteiger charge is -2.45. The fourth-order valence-corrected chi connectivity index (χ4v) is 3.94. The highest BCUT2D eigenvalue weighted by molar-refractivity contribution is 7.12. The number of aliphatic hydroxyl groups is 1. The summed E-state index contributed by atoms with van der Waals surface area (Å²) in [7, 11) is 0. The van der Waals surface area contributed by atoms with E-state index in [4.69, 9.17) is 11.6 Å². The van der Waals surface area contributed by atoms with Crippen molar-refractivity contribution in [2.24, 2.45) is 5.92 Å². The van der Waals surface area contributed by atoms with Gasteiger partial charge in [-0.15, -0.1) is 11.3 Å². The van der Waals surface area contributed by atoms with Crippen molar-refractivity contribution in [2.75, 3.05) is 0 Å². The molecule has 0 saturated carbocycles. The number of ketones is 1. The Kier molecular flexibility index (Phi) is 4.91. The molecule has 1 saturated heterocycles. The number of carbonyl (C=O) groups is 2. The molecule has 5 nitrogen and oxygen atoms in total. The molecule has 2 amide bonds. The summed E-state index contributed by atoms with van der Waals surface area (Å²) in [6.45, 7) is 0. The molecule has 11 heteroatoms. The first-order chi connectivity index (χ1) is 12.6. The van der Waals surface area contributed by atoms with Gasteiger partial charge in [0.1, 0.15) is 11.7 Å². The number of hydrogen-bond donors (Lipinski definition) is 3. The molecule has 0 aliphatic carbocycles. The smallest absolute Gasteiger partial charge is 0.363 e. The number of urea groups is 1. The SMILES string of the molecule is O=C1N[C@H](c2c(F)cccc2Cl)[C@H](C(=O)c2cccs2)[C@@](O)(C(F)(F)F)N1. The number of rotatable bonds is 3. The lowest BCUT2D eigenvalue weighted by molar-refractivity contribution is -0.287. The van der Waals surface area contributed by atoms with Gasteiger partial charge in [-0.05, 0) is 23.6 Å². The number of thiophene rings is 1. The van der Waals surface area contributed by atoms with E-state index in [9.17, 15) is 32.3 Å². The molecule has 1 fully saturated rings. The van der Waals surface area contributed by atoms with Gasteiger partial charge in [0.2, 0.25) is 5.72 Å². The van der Waals surface area contributed by atoms with Crippen LogP contribution in [0.5, 0.6) is 0 Å². The zero-order valence-corrected chi connectivity index (χ0v) is 14.8. The van der Waals surface area contributed by atoms with Crippen LogP contribution in [0.2, 0.25) is 5.02 Å². The molecule has 144 valence electrons. The van der Waals surface area contributed by atoms with E-state index in [1.165, 1.54) is 35.0 Å². The number of halogens is 5. The number of nitrogens with one attached hydrogen (secondary N) is 2. The van der Waals surface area contributed by atoms with Gasteiger partial charge in [0.05, 0.1) is 10.9 Å². The van der Waals surface area contributed by atoms with Gasteiger partial charge in [-0.25, -0.2) is 9.18 Å². The topological polar surface area (TPSA) is 78.4 Å². The predicted octanol–water partition coefficient (Wildman–Crippen LogP) is 3.64. The maximum absolute atomic E-state index is 14.4. The van der Waals surface area contributed by atoms with Crippen molar-refractivity contribution in [1.82, 2.24) is 10.6 Å². The molecule has 2 aromatic rings. The van der Waals surface area contributed by atoms with Crippen molar-refractivity contribution < 1.29 is 32.3 Å². The van der Waals surface area contributed by atoms with Crippen molar-refractivity contribution in [2.45, 2.75) is 17.9 Å². The number of Topliss-reactive ketones (excluding diaryl/α,β-unsaturated/α-hetero) is 1. The second-order valence-corrected chi connectivity index (χ2v) is 7.15. The standard InChI is InChI=1S/C16H11ClF4N2O3S/c17-7-3-1-4-8(18)10(7)12-11(13(24)9-5-2-6-27-9)15(26,16(19,20)21)23-14(25)22-12/h1-6,11-12,26H,(H2,22,23,25)/t11-,12-,15-/m1/s1. The number of amides is 2. The number of benzene rings is 1. The first-order valence-corrected chi connectivity index (χ1v) is 8.71. The number of hydrogen-bond acceptors (Lipinski definition) is 4. The molecule has 3 atom stereocenters. The minimum atomic E-state index is -5.42. The Balaban J connectivity index is 2.23. The van der Waals surface area contributed by atoms with E-state index >= 15 is 0 Å². The largest absolute Gasteiger partial charge is 0.437 e. The van der Waals surface area contributed by atoms with E-state index in [1.807, 2.05) is 0 Å². The van der Waals surface area contributed by atoms with Crippen molar-refractivity contribution in [1.29, 1.82) is 0 Å². The second kappa shape index (κ2) is 6.77. The highest BCUT2D eigenvalue weighted by atomic mass is 35.5. The Labute approximate surface area is 158 Å². The second-order valence-electron chi connectivity index (χ2n) is 5.79. The highest BCUT2D eigenvalue weighted by Crippen LogP contribution is 2.45. The van der Waals surface area contributed by atoms with Gasteiger partial charge >= 0.3 is 12.2 Å². The Morgan fingerprint density at radius 1 is 1.26 bits per heavy atom. The zero-order chi connectivity index (χ0) is 20.0. The van der Waals surface area contributed by atoms with Crippen LogP contribution < -0.4 is 10.6 Å². The normalized spacial score (nSPS) is 25.6. The van der Waals surface area contributed by atoms with Gasteiger partial charge in [0.15, 0.2) is 5.78 Å². The third-order valence-corrected chi connectivity index (χ3v) is 5.38. The number of carbonyl (C=O) groups excluding carboxylic acids is 2. The lowest BCUT2D eigenvalue weighted by Crippen LogP contribution is -2.72.